The number of non-ortho nitro benzene ring substituents is 1. The van der Waals surface area contributed by atoms with Crippen LogP contribution >= 0.6 is 11.8 Å². The Morgan fingerprint density at radius 2 is 2.05 bits per heavy atom. The van der Waals surface area contributed by atoms with Gasteiger partial charge in [0.05, 0.1) is 16.6 Å². The maximum absolute atomic E-state index is 12.1. The van der Waals surface area contributed by atoms with Crippen LogP contribution in [0.2, 0.25) is 0 Å². The Hall–Kier alpha value is -2.09. The molecule has 0 spiro atoms. The lowest BCUT2D eigenvalue weighted by atomic mass is 9.98. The summed E-state index contributed by atoms with van der Waals surface area (Å²) >= 11 is 1.29. The number of likely N-dealkylation sites (tertiary alicyclic amines) is 1. The average molecular weight is 324 g/mol. The van der Waals surface area contributed by atoms with Crippen LogP contribution in [0.4, 0.5) is 5.69 Å². The number of amides is 1. The molecule has 1 N–H and O–H groups in total. The van der Waals surface area contributed by atoms with Crippen molar-refractivity contribution < 1.29 is 19.6 Å². The van der Waals surface area contributed by atoms with Crippen LogP contribution in [0.25, 0.3) is 0 Å². The number of carbonyl (C=O) groups is 2. The molecule has 1 aromatic carbocycles. The zero-order valence-electron chi connectivity index (χ0n) is 11.8. The topological polar surface area (TPSA) is 101 Å². The van der Waals surface area contributed by atoms with Gasteiger partial charge in [-0.1, -0.05) is 0 Å². The molecule has 1 unspecified atom stereocenters. The molecule has 1 heterocycles. The maximum atomic E-state index is 12.1. The highest BCUT2D eigenvalue weighted by Gasteiger charge is 2.27. The molecule has 1 aromatic rings. The zero-order chi connectivity index (χ0) is 16.1. The summed E-state index contributed by atoms with van der Waals surface area (Å²) in [4.78, 5) is 35.6. The van der Waals surface area contributed by atoms with Crippen molar-refractivity contribution in [2.24, 2.45) is 5.92 Å². The Balaban J connectivity index is 1.86. The van der Waals surface area contributed by atoms with Gasteiger partial charge < -0.3 is 10.0 Å². The van der Waals surface area contributed by atoms with Gasteiger partial charge in [-0.05, 0) is 25.0 Å². The van der Waals surface area contributed by atoms with E-state index >= 15 is 0 Å². The first-order chi connectivity index (χ1) is 10.5. The second-order valence-electron chi connectivity index (χ2n) is 5.06. The molecule has 7 nitrogen and oxygen atoms in total. The first-order valence-corrected chi connectivity index (χ1v) is 7.84. The van der Waals surface area contributed by atoms with E-state index in [0.29, 0.717) is 19.4 Å². The normalized spacial score (nSPS) is 18.0. The quantitative estimate of drug-likeness (QED) is 0.505. The van der Waals surface area contributed by atoms with E-state index in [1.807, 2.05) is 0 Å². The maximum Gasteiger partial charge on any atom is 0.308 e. The minimum absolute atomic E-state index is 0.0102. The second-order valence-corrected chi connectivity index (χ2v) is 6.11. The van der Waals surface area contributed by atoms with Gasteiger partial charge in [0.1, 0.15) is 0 Å². The van der Waals surface area contributed by atoms with Gasteiger partial charge in [0, 0.05) is 30.1 Å². The van der Waals surface area contributed by atoms with E-state index in [1.54, 1.807) is 17.0 Å². The van der Waals surface area contributed by atoms with Crippen molar-refractivity contribution in [3.63, 3.8) is 0 Å². The Bertz CT molecular complexity index is 575. The number of nitrogens with zero attached hydrogens (tertiary/aromatic N) is 2. The van der Waals surface area contributed by atoms with E-state index in [4.69, 9.17) is 5.11 Å². The van der Waals surface area contributed by atoms with Crippen molar-refractivity contribution in [1.29, 1.82) is 0 Å². The van der Waals surface area contributed by atoms with Crippen LogP contribution in [-0.2, 0) is 9.59 Å². The first kappa shape index (κ1) is 16.3. The molecule has 1 aliphatic heterocycles. The lowest BCUT2D eigenvalue weighted by Crippen LogP contribution is -2.43. The molecular weight excluding hydrogens is 308 g/mol. The van der Waals surface area contributed by atoms with E-state index < -0.39 is 16.8 Å². The number of piperidine rings is 1. The molecule has 118 valence electrons. The summed E-state index contributed by atoms with van der Waals surface area (Å²) in [5.41, 5.74) is 0.0102. The molecule has 0 bridgehead atoms. The van der Waals surface area contributed by atoms with Gasteiger partial charge in [0.15, 0.2) is 0 Å². The van der Waals surface area contributed by atoms with Crippen molar-refractivity contribution in [3.05, 3.63) is 34.4 Å². The summed E-state index contributed by atoms with van der Waals surface area (Å²) in [5, 5.41) is 19.6. The molecule has 8 heteroatoms. The van der Waals surface area contributed by atoms with E-state index in [-0.39, 0.29) is 23.9 Å². The molecule has 1 amide bonds. The minimum Gasteiger partial charge on any atom is -0.481 e. The summed E-state index contributed by atoms with van der Waals surface area (Å²) in [6.45, 7) is 0.846. The number of carboxylic acid groups (broad SMARTS) is 1. The Morgan fingerprint density at radius 3 is 2.64 bits per heavy atom. The van der Waals surface area contributed by atoms with Gasteiger partial charge >= 0.3 is 5.97 Å². The Morgan fingerprint density at radius 1 is 1.36 bits per heavy atom. The lowest BCUT2D eigenvalue weighted by Gasteiger charge is -2.30. The highest BCUT2D eigenvalue weighted by molar-refractivity contribution is 8.00. The number of hydrogen-bond acceptors (Lipinski definition) is 5. The predicted octanol–water partition coefficient (Wildman–Crippen LogP) is 2.01. The van der Waals surface area contributed by atoms with E-state index in [2.05, 4.69) is 0 Å². The fraction of sp³-hybridized carbons (Fsp3) is 0.429. The van der Waals surface area contributed by atoms with E-state index in [0.717, 1.165) is 4.90 Å². The number of carboxylic acids is 1. The number of benzene rings is 1. The van der Waals surface area contributed by atoms with Crippen LogP contribution in [0.5, 0.6) is 0 Å². The molecule has 1 fully saturated rings. The van der Waals surface area contributed by atoms with Crippen LogP contribution in [-0.4, -0.2) is 45.6 Å². The Labute approximate surface area is 131 Å². The molecule has 0 radical (unpaired) electrons. The number of rotatable bonds is 5. The first-order valence-electron chi connectivity index (χ1n) is 6.85. The van der Waals surface area contributed by atoms with Gasteiger partial charge in [-0.15, -0.1) is 11.8 Å². The number of carbonyl (C=O) groups excluding carboxylic acids is 1. The van der Waals surface area contributed by atoms with Crippen molar-refractivity contribution >= 4 is 29.3 Å². The zero-order valence-corrected chi connectivity index (χ0v) is 12.6. The van der Waals surface area contributed by atoms with Crippen LogP contribution in [0, 0.1) is 16.0 Å². The SMILES string of the molecule is O=C(O)C1CCCN(C(=O)CSc2ccc([N+](=O)[O-])cc2)C1. The van der Waals surface area contributed by atoms with Gasteiger partial charge in [-0.2, -0.15) is 0 Å². The van der Waals surface area contributed by atoms with Crippen LogP contribution in [0.15, 0.2) is 29.2 Å². The third-order valence-electron chi connectivity index (χ3n) is 3.53. The summed E-state index contributed by atoms with van der Waals surface area (Å²) < 4.78 is 0. The third-order valence-corrected chi connectivity index (χ3v) is 4.53. The van der Waals surface area contributed by atoms with Crippen LogP contribution < -0.4 is 0 Å². The largest absolute Gasteiger partial charge is 0.481 e. The second kappa shape index (κ2) is 7.26. The molecule has 1 saturated heterocycles. The number of aliphatic carboxylic acids is 1. The molecule has 0 aromatic heterocycles. The van der Waals surface area contributed by atoms with Gasteiger partial charge in [-0.3, -0.25) is 19.7 Å². The molecule has 0 aliphatic carbocycles. The van der Waals surface area contributed by atoms with Crippen LogP contribution in [0.1, 0.15) is 12.8 Å². The van der Waals surface area contributed by atoms with Crippen molar-refractivity contribution in [2.45, 2.75) is 17.7 Å². The third kappa shape index (κ3) is 4.20. The van der Waals surface area contributed by atoms with Gasteiger partial charge in [0.25, 0.3) is 5.69 Å². The summed E-state index contributed by atoms with van der Waals surface area (Å²) in [6.07, 6.45) is 1.31. The van der Waals surface area contributed by atoms with E-state index in [9.17, 15) is 19.7 Å². The monoisotopic (exact) mass is 324 g/mol. The number of nitro groups is 1. The molecule has 22 heavy (non-hydrogen) atoms. The predicted molar refractivity (Wildman–Crippen MR) is 80.8 cm³/mol. The molecule has 1 atom stereocenters. The van der Waals surface area contributed by atoms with Crippen molar-refractivity contribution in [3.8, 4) is 0 Å². The molecular formula is C14H16N2O5S. The number of nitro benzene ring substituents is 1. The van der Waals surface area contributed by atoms with Gasteiger partial charge in [-0.25, -0.2) is 0 Å². The summed E-state index contributed by atoms with van der Waals surface area (Å²) in [7, 11) is 0. The standard InChI is InChI=1S/C14H16N2O5S/c17-13(15-7-1-2-10(8-15)14(18)19)9-22-12-5-3-11(4-6-12)16(20)21/h3-6,10H,1-2,7-9H2,(H,18,19). The van der Waals surface area contributed by atoms with Crippen molar-refractivity contribution in [2.75, 3.05) is 18.8 Å². The van der Waals surface area contributed by atoms with Crippen LogP contribution in [0.3, 0.4) is 0 Å². The number of thioether (sulfide) groups is 1. The van der Waals surface area contributed by atoms with Crippen molar-refractivity contribution in [1.82, 2.24) is 4.90 Å². The summed E-state index contributed by atoms with van der Waals surface area (Å²) in [5.74, 6) is -1.25. The Kier molecular flexibility index (Phi) is 5.37. The van der Waals surface area contributed by atoms with E-state index in [1.165, 1.54) is 23.9 Å². The average Bonchev–Trinajstić information content (AvgIpc) is 2.53. The molecule has 2 rings (SSSR count). The fourth-order valence-corrected chi connectivity index (χ4v) is 3.11. The van der Waals surface area contributed by atoms with Gasteiger partial charge in [0.2, 0.25) is 5.91 Å². The lowest BCUT2D eigenvalue weighted by molar-refractivity contribution is -0.384. The molecule has 0 saturated carbocycles. The highest BCUT2D eigenvalue weighted by Crippen LogP contribution is 2.23. The molecule has 1 aliphatic rings. The number of hydrogen-bond donors (Lipinski definition) is 1. The highest BCUT2D eigenvalue weighted by atomic mass is 32.2. The fourth-order valence-electron chi connectivity index (χ4n) is 2.31. The summed E-state index contributed by atoms with van der Waals surface area (Å²) in [6, 6.07) is 6.00. The minimum atomic E-state index is -0.861. The smallest absolute Gasteiger partial charge is 0.308 e.